The summed E-state index contributed by atoms with van der Waals surface area (Å²) in [7, 11) is 1.60. The number of unbranched alkanes of at least 4 members (excludes halogenated alkanes) is 1. The maximum atomic E-state index is 11.2. The predicted octanol–water partition coefficient (Wildman–Crippen LogP) is 2.83. The van der Waals surface area contributed by atoms with Gasteiger partial charge in [0.2, 0.25) is 0 Å². The fraction of sp³-hybridized carbons (Fsp3) is 0.562. The second-order valence-corrected chi connectivity index (χ2v) is 4.83. The number of methoxy groups -OCH3 is 1. The Kier molecular flexibility index (Phi) is 7.61. The second-order valence-electron chi connectivity index (χ2n) is 4.83. The van der Waals surface area contributed by atoms with Gasteiger partial charge in [-0.25, -0.2) is 0 Å². The van der Waals surface area contributed by atoms with Crippen LogP contribution in [0.3, 0.4) is 0 Å². The molecule has 0 bridgehead atoms. The third-order valence-electron chi connectivity index (χ3n) is 3.22. The van der Waals surface area contributed by atoms with Gasteiger partial charge in [0.25, 0.3) is 0 Å². The van der Waals surface area contributed by atoms with E-state index >= 15 is 0 Å². The van der Waals surface area contributed by atoms with Crippen molar-refractivity contribution in [3.05, 3.63) is 23.8 Å². The molecule has 0 saturated heterocycles. The molecule has 5 heteroatoms. The average molecular weight is 295 g/mol. The van der Waals surface area contributed by atoms with Crippen LogP contribution in [0.25, 0.3) is 0 Å². The largest absolute Gasteiger partial charge is 0.493 e. The van der Waals surface area contributed by atoms with Gasteiger partial charge in [0.05, 0.1) is 13.7 Å². The normalized spacial score (nSPS) is 12.0. The summed E-state index contributed by atoms with van der Waals surface area (Å²) < 4.78 is 10.7. The van der Waals surface area contributed by atoms with E-state index in [-0.39, 0.29) is 0 Å². The Balaban J connectivity index is 2.68. The van der Waals surface area contributed by atoms with E-state index in [1.54, 1.807) is 7.11 Å². The molecule has 0 fully saturated rings. The van der Waals surface area contributed by atoms with E-state index in [1.807, 2.05) is 25.1 Å². The highest BCUT2D eigenvalue weighted by atomic mass is 16.5. The van der Waals surface area contributed by atoms with Gasteiger partial charge < -0.3 is 19.9 Å². The number of rotatable bonds is 10. The third kappa shape index (κ3) is 5.63. The fourth-order valence-corrected chi connectivity index (χ4v) is 2.06. The maximum absolute atomic E-state index is 11.2. The zero-order chi connectivity index (χ0) is 15.7. The maximum Gasteiger partial charge on any atom is 0.320 e. The minimum Gasteiger partial charge on any atom is -0.493 e. The molecule has 1 atom stereocenters. The first-order chi connectivity index (χ1) is 10.1. The quantitative estimate of drug-likeness (QED) is 0.694. The van der Waals surface area contributed by atoms with Gasteiger partial charge in [0.15, 0.2) is 11.5 Å². The number of carbonyl (C=O) groups is 1. The predicted molar refractivity (Wildman–Crippen MR) is 82.0 cm³/mol. The van der Waals surface area contributed by atoms with Crippen LogP contribution in [0.2, 0.25) is 0 Å². The molecule has 0 saturated carbocycles. The van der Waals surface area contributed by atoms with Gasteiger partial charge in [-0.3, -0.25) is 4.79 Å². The molecule has 0 aromatic heterocycles. The van der Waals surface area contributed by atoms with Crippen molar-refractivity contribution in [1.29, 1.82) is 0 Å². The van der Waals surface area contributed by atoms with E-state index in [0.29, 0.717) is 31.1 Å². The Morgan fingerprint density at radius 1 is 1.33 bits per heavy atom. The molecule has 0 spiro atoms. The van der Waals surface area contributed by atoms with E-state index in [9.17, 15) is 9.90 Å². The molecular weight excluding hydrogens is 270 g/mol. The van der Waals surface area contributed by atoms with Crippen molar-refractivity contribution in [3.63, 3.8) is 0 Å². The lowest BCUT2D eigenvalue weighted by Gasteiger charge is -2.15. The van der Waals surface area contributed by atoms with Crippen molar-refractivity contribution in [2.75, 3.05) is 13.7 Å². The fourth-order valence-electron chi connectivity index (χ4n) is 2.06. The number of carboxylic acids is 1. The monoisotopic (exact) mass is 295 g/mol. The van der Waals surface area contributed by atoms with Crippen LogP contribution in [0, 0.1) is 0 Å². The van der Waals surface area contributed by atoms with Gasteiger partial charge in [0, 0.05) is 6.54 Å². The molecule has 21 heavy (non-hydrogen) atoms. The van der Waals surface area contributed by atoms with Crippen LogP contribution >= 0.6 is 0 Å². The second kappa shape index (κ2) is 9.23. The zero-order valence-electron chi connectivity index (χ0n) is 13.0. The van der Waals surface area contributed by atoms with Gasteiger partial charge in [-0.2, -0.15) is 0 Å². The summed E-state index contributed by atoms with van der Waals surface area (Å²) in [5.41, 5.74) is 0.974. The highest BCUT2D eigenvalue weighted by Crippen LogP contribution is 2.28. The molecule has 118 valence electrons. The van der Waals surface area contributed by atoms with Crippen LogP contribution in [0.1, 0.15) is 38.7 Å². The van der Waals surface area contributed by atoms with Gasteiger partial charge in [-0.1, -0.05) is 25.8 Å². The molecule has 5 nitrogen and oxygen atoms in total. The van der Waals surface area contributed by atoms with Gasteiger partial charge in [0.1, 0.15) is 6.04 Å². The van der Waals surface area contributed by atoms with E-state index in [0.717, 1.165) is 18.4 Å². The number of benzene rings is 1. The van der Waals surface area contributed by atoms with E-state index in [2.05, 4.69) is 12.2 Å². The first-order valence-electron chi connectivity index (χ1n) is 7.38. The minimum absolute atomic E-state index is 0.491. The van der Waals surface area contributed by atoms with Crippen LogP contribution in [-0.4, -0.2) is 30.8 Å². The Morgan fingerprint density at radius 3 is 2.67 bits per heavy atom. The van der Waals surface area contributed by atoms with Gasteiger partial charge >= 0.3 is 5.97 Å². The van der Waals surface area contributed by atoms with Crippen molar-refractivity contribution in [3.8, 4) is 11.5 Å². The molecule has 1 aromatic rings. The van der Waals surface area contributed by atoms with Crippen LogP contribution in [0.5, 0.6) is 11.5 Å². The van der Waals surface area contributed by atoms with Crippen molar-refractivity contribution >= 4 is 5.97 Å². The zero-order valence-corrected chi connectivity index (χ0v) is 13.0. The molecule has 1 rings (SSSR count). The smallest absolute Gasteiger partial charge is 0.320 e. The van der Waals surface area contributed by atoms with Crippen molar-refractivity contribution in [2.24, 2.45) is 0 Å². The number of hydrogen-bond donors (Lipinski definition) is 2. The highest BCUT2D eigenvalue weighted by molar-refractivity contribution is 5.73. The van der Waals surface area contributed by atoms with E-state index in [4.69, 9.17) is 9.47 Å². The minimum atomic E-state index is -0.804. The van der Waals surface area contributed by atoms with Gasteiger partial charge in [-0.05, 0) is 31.0 Å². The van der Waals surface area contributed by atoms with Gasteiger partial charge in [-0.15, -0.1) is 0 Å². The van der Waals surface area contributed by atoms with Crippen molar-refractivity contribution in [2.45, 2.75) is 45.7 Å². The summed E-state index contributed by atoms with van der Waals surface area (Å²) in [6, 6.07) is 5.12. The number of carboxylic acid groups (broad SMARTS) is 1. The first kappa shape index (κ1) is 17.3. The standard InChI is InChI=1S/C16H25NO4/c1-4-6-7-13(16(18)19)17-11-12-8-9-14(20-3)15(10-12)21-5-2/h8-10,13,17H,4-7,11H2,1-3H3,(H,18,19). The Morgan fingerprint density at radius 2 is 2.10 bits per heavy atom. The molecule has 0 aliphatic heterocycles. The highest BCUT2D eigenvalue weighted by Gasteiger charge is 2.16. The Bertz CT molecular complexity index is 448. The summed E-state index contributed by atoms with van der Waals surface area (Å²) in [6.45, 7) is 5.01. The topological polar surface area (TPSA) is 67.8 Å². The van der Waals surface area contributed by atoms with Crippen molar-refractivity contribution in [1.82, 2.24) is 5.32 Å². The molecule has 0 aliphatic carbocycles. The SMILES string of the molecule is CCCCC(NCc1ccc(OC)c(OCC)c1)C(=O)O. The molecular formula is C16H25NO4. The summed E-state index contributed by atoms with van der Waals surface area (Å²) in [4.78, 5) is 11.2. The third-order valence-corrected chi connectivity index (χ3v) is 3.22. The molecule has 2 N–H and O–H groups in total. The molecule has 0 radical (unpaired) electrons. The Labute approximate surface area is 126 Å². The van der Waals surface area contributed by atoms with Crippen LogP contribution in [-0.2, 0) is 11.3 Å². The number of ether oxygens (including phenoxy) is 2. The summed E-state index contributed by atoms with van der Waals surface area (Å²) in [6.07, 6.45) is 2.53. The lowest BCUT2D eigenvalue weighted by atomic mass is 10.1. The lowest BCUT2D eigenvalue weighted by molar-refractivity contribution is -0.139. The van der Waals surface area contributed by atoms with E-state index in [1.165, 1.54) is 0 Å². The van der Waals surface area contributed by atoms with E-state index < -0.39 is 12.0 Å². The molecule has 1 unspecified atom stereocenters. The first-order valence-corrected chi connectivity index (χ1v) is 7.38. The summed E-state index contributed by atoms with van der Waals surface area (Å²) in [5.74, 6) is 0.558. The lowest BCUT2D eigenvalue weighted by Crippen LogP contribution is -2.36. The average Bonchev–Trinajstić information content (AvgIpc) is 2.47. The van der Waals surface area contributed by atoms with Crippen molar-refractivity contribution < 1.29 is 19.4 Å². The number of nitrogens with one attached hydrogen (secondary N) is 1. The summed E-state index contributed by atoms with van der Waals surface area (Å²) >= 11 is 0. The Hall–Kier alpha value is -1.75. The number of aliphatic carboxylic acids is 1. The number of hydrogen-bond acceptors (Lipinski definition) is 4. The van der Waals surface area contributed by atoms with Crippen LogP contribution in [0.4, 0.5) is 0 Å². The molecule has 0 heterocycles. The summed E-state index contributed by atoms with van der Waals surface area (Å²) in [5, 5.41) is 12.3. The molecule has 0 aliphatic rings. The van der Waals surface area contributed by atoms with Crippen LogP contribution < -0.4 is 14.8 Å². The van der Waals surface area contributed by atoms with Crippen LogP contribution in [0.15, 0.2) is 18.2 Å². The molecule has 0 amide bonds. The molecule has 1 aromatic carbocycles.